The molecule has 1 heterocycles. The molecular weight excluding hydrogens is 152 g/mol. The number of hydrogen-bond donors (Lipinski definition) is 2. The quantitative estimate of drug-likeness (QED) is 0.661. The van der Waals surface area contributed by atoms with Crippen molar-refractivity contribution in [3.8, 4) is 0 Å². The van der Waals surface area contributed by atoms with Gasteiger partial charge in [-0.05, 0) is 6.92 Å². The molecule has 0 aliphatic carbocycles. The Morgan fingerprint density at radius 2 is 2.08 bits per heavy atom. The number of aromatic nitrogens is 2. The minimum Gasteiger partial charge on any atom is -0.403 e. The van der Waals surface area contributed by atoms with Gasteiger partial charge in [0.1, 0.15) is 5.82 Å². The maximum Gasteiger partial charge on any atom is 0.126 e. The van der Waals surface area contributed by atoms with Crippen molar-refractivity contribution in [2.24, 2.45) is 5.73 Å². The number of anilines is 1. The molecule has 1 aromatic rings. The Bertz CT molecular complexity index is 250. The number of nitrogens with two attached hydrogens (primary N) is 2. The molecule has 0 spiro atoms. The molecule has 0 aliphatic rings. The van der Waals surface area contributed by atoms with E-state index in [1.54, 1.807) is 12.3 Å². The number of nitrogens with zero attached hydrogens (tertiary/aromatic N) is 2. The van der Waals surface area contributed by atoms with E-state index < -0.39 is 0 Å². The third-order valence-electron chi connectivity index (χ3n) is 1.11. The molecule has 0 fully saturated rings. The van der Waals surface area contributed by atoms with Crippen LogP contribution in [0.25, 0.3) is 6.20 Å². The molecule has 0 amide bonds. The zero-order valence-electron chi connectivity index (χ0n) is 7.78. The van der Waals surface area contributed by atoms with Crippen molar-refractivity contribution < 1.29 is 0 Å². The summed E-state index contributed by atoms with van der Waals surface area (Å²) in [5, 5.41) is 4.02. The molecule has 0 radical (unpaired) electrons. The number of aryl methyl sites for hydroxylation is 1. The minimum atomic E-state index is 0.596. The average molecular weight is 168 g/mol. The summed E-state index contributed by atoms with van der Waals surface area (Å²) in [5.41, 5.74) is 11.5. The summed E-state index contributed by atoms with van der Waals surface area (Å²) in [6.45, 7) is 5.87. The van der Waals surface area contributed by atoms with Gasteiger partial charge in [-0.25, -0.2) is 4.68 Å². The van der Waals surface area contributed by atoms with Crippen LogP contribution in [-0.4, -0.2) is 9.78 Å². The van der Waals surface area contributed by atoms with Gasteiger partial charge >= 0.3 is 0 Å². The van der Waals surface area contributed by atoms with Crippen molar-refractivity contribution in [1.29, 1.82) is 0 Å². The normalized spacial score (nSPS) is 9.58. The molecule has 4 nitrogen and oxygen atoms in total. The van der Waals surface area contributed by atoms with Crippen molar-refractivity contribution in [1.82, 2.24) is 9.78 Å². The van der Waals surface area contributed by atoms with Crippen molar-refractivity contribution in [3.63, 3.8) is 0 Å². The Kier molecular flexibility index (Phi) is 4.60. The van der Waals surface area contributed by atoms with Crippen LogP contribution >= 0.6 is 0 Å². The van der Waals surface area contributed by atoms with E-state index in [4.69, 9.17) is 11.5 Å². The summed E-state index contributed by atoms with van der Waals surface area (Å²) in [6, 6.07) is 1.78. The molecule has 68 valence electrons. The highest BCUT2D eigenvalue weighted by Gasteiger charge is 1.95. The van der Waals surface area contributed by atoms with Crippen molar-refractivity contribution in [2.75, 3.05) is 5.73 Å². The molecule has 0 bridgehead atoms. The van der Waals surface area contributed by atoms with Crippen LogP contribution in [0.5, 0.6) is 0 Å². The largest absolute Gasteiger partial charge is 0.403 e. The van der Waals surface area contributed by atoms with Crippen LogP contribution in [0.15, 0.2) is 12.3 Å². The standard InChI is InChI=1S/C6H10N4.C2H6/c1-5-4-6(8)10(9-5)3-2-7;1-2/h2-4H,7-8H2,1H3;1-2H3/b3-2-;. The molecule has 0 aromatic carbocycles. The Hall–Kier alpha value is -1.45. The van der Waals surface area contributed by atoms with E-state index in [-0.39, 0.29) is 0 Å². The lowest BCUT2D eigenvalue weighted by Gasteiger charge is -1.91. The molecular formula is C8H16N4. The van der Waals surface area contributed by atoms with E-state index >= 15 is 0 Å². The Labute approximate surface area is 72.9 Å². The first-order chi connectivity index (χ1) is 5.74. The van der Waals surface area contributed by atoms with E-state index in [0.717, 1.165) is 5.69 Å². The van der Waals surface area contributed by atoms with E-state index in [1.807, 2.05) is 20.8 Å². The van der Waals surface area contributed by atoms with E-state index in [9.17, 15) is 0 Å². The zero-order valence-corrected chi connectivity index (χ0v) is 7.78. The smallest absolute Gasteiger partial charge is 0.126 e. The predicted molar refractivity (Wildman–Crippen MR) is 52.2 cm³/mol. The van der Waals surface area contributed by atoms with Crippen LogP contribution in [0.3, 0.4) is 0 Å². The topological polar surface area (TPSA) is 69.9 Å². The highest BCUT2D eigenvalue weighted by atomic mass is 15.3. The fraction of sp³-hybridized carbons (Fsp3) is 0.375. The fourth-order valence-electron chi connectivity index (χ4n) is 0.738. The Balaban J connectivity index is 0.000000561. The van der Waals surface area contributed by atoms with Crippen LogP contribution in [0.4, 0.5) is 5.82 Å². The minimum absolute atomic E-state index is 0.596. The zero-order chi connectivity index (χ0) is 9.56. The van der Waals surface area contributed by atoms with E-state index in [2.05, 4.69) is 5.10 Å². The lowest BCUT2D eigenvalue weighted by Crippen LogP contribution is -1.97. The van der Waals surface area contributed by atoms with Crippen LogP contribution in [0, 0.1) is 6.92 Å². The van der Waals surface area contributed by atoms with Gasteiger partial charge in [0, 0.05) is 18.5 Å². The first kappa shape index (κ1) is 10.6. The van der Waals surface area contributed by atoms with Crippen molar-refractivity contribution in [3.05, 3.63) is 18.0 Å². The molecule has 0 aliphatic heterocycles. The molecule has 0 unspecified atom stereocenters. The van der Waals surface area contributed by atoms with E-state index in [0.29, 0.717) is 5.82 Å². The lowest BCUT2D eigenvalue weighted by atomic mass is 10.5. The van der Waals surface area contributed by atoms with Crippen LogP contribution < -0.4 is 11.5 Å². The van der Waals surface area contributed by atoms with Crippen LogP contribution in [0.1, 0.15) is 19.5 Å². The summed E-state index contributed by atoms with van der Waals surface area (Å²) in [5.74, 6) is 0.596. The average Bonchev–Trinajstić information content (AvgIpc) is 2.35. The first-order valence-corrected chi connectivity index (χ1v) is 3.94. The summed E-state index contributed by atoms with van der Waals surface area (Å²) in [6.07, 6.45) is 2.99. The Morgan fingerprint density at radius 1 is 1.50 bits per heavy atom. The monoisotopic (exact) mass is 168 g/mol. The molecule has 12 heavy (non-hydrogen) atoms. The van der Waals surface area contributed by atoms with Crippen LogP contribution in [0.2, 0.25) is 0 Å². The highest BCUT2D eigenvalue weighted by molar-refractivity contribution is 5.39. The molecule has 0 atom stereocenters. The molecule has 1 aromatic heterocycles. The fourth-order valence-corrected chi connectivity index (χ4v) is 0.738. The van der Waals surface area contributed by atoms with Gasteiger partial charge in [-0.3, -0.25) is 0 Å². The first-order valence-electron chi connectivity index (χ1n) is 3.94. The second kappa shape index (κ2) is 5.23. The molecule has 1 rings (SSSR count). The maximum absolute atomic E-state index is 5.52. The molecule has 4 heteroatoms. The van der Waals surface area contributed by atoms with E-state index in [1.165, 1.54) is 10.9 Å². The van der Waals surface area contributed by atoms with Crippen molar-refractivity contribution in [2.45, 2.75) is 20.8 Å². The maximum atomic E-state index is 5.52. The summed E-state index contributed by atoms with van der Waals surface area (Å²) in [4.78, 5) is 0. The SMILES string of the molecule is CC.Cc1cc(N)n(/C=C\N)n1. The highest BCUT2D eigenvalue weighted by Crippen LogP contribution is 2.04. The molecule has 4 N–H and O–H groups in total. The van der Waals surface area contributed by atoms with Gasteiger partial charge < -0.3 is 11.5 Å². The lowest BCUT2D eigenvalue weighted by molar-refractivity contribution is 0.919. The summed E-state index contributed by atoms with van der Waals surface area (Å²) in [7, 11) is 0. The molecule has 0 saturated heterocycles. The summed E-state index contributed by atoms with van der Waals surface area (Å²) >= 11 is 0. The van der Waals surface area contributed by atoms with Gasteiger partial charge in [-0.1, -0.05) is 13.8 Å². The summed E-state index contributed by atoms with van der Waals surface area (Å²) < 4.78 is 1.52. The van der Waals surface area contributed by atoms with Gasteiger partial charge in [-0.15, -0.1) is 0 Å². The van der Waals surface area contributed by atoms with Gasteiger partial charge in [-0.2, -0.15) is 5.10 Å². The second-order valence-electron chi connectivity index (χ2n) is 2.00. The third-order valence-corrected chi connectivity index (χ3v) is 1.11. The van der Waals surface area contributed by atoms with Gasteiger partial charge in [0.15, 0.2) is 0 Å². The van der Waals surface area contributed by atoms with Crippen LogP contribution in [-0.2, 0) is 0 Å². The number of nitrogen functional groups attached to an aromatic ring is 1. The van der Waals surface area contributed by atoms with Gasteiger partial charge in [0.05, 0.1) is 5.69 Å². The van der Waals surface area contributed by atoms with Gasteiger partial charge in [0.25, 0.3) is 0 Å². The molecule has 0 saturated carbocycles. The van der Waals surface area contributed by atoms with Crippen molar-refractivity contribution >= 4 is 12.0 Å². The number of hydrogen-bond acceptors (Lipinski definition) is 3. The number of rotatable bonds is 1. The van der Waals surface area contributed by atoms with Gasteiger partial charge in [0.2, 0.25) is 0 Å². The second-order valence-corrected chi connectivity index (χ2v) is 2.00. The Morgan fingerprint density at radius 3 is 2.42 bits per heavy atom. The predicted octanol–water partition coefficient (Wildman–Crippen LogP) is 1.19. The third kappa shape index (κ3) is 2.65.